The van der Waals surface area contributed by atoms with Gasteiger partial charge in [0.05, 0.1) is 6.20 Å². The van der Waals surface area contributed by atoms with Crippen LogP contribution in [-0.4, -0.2) is 9.78 Å². The van der Waals surface area contributed by atoms with Gasteiger partial charge in [-0.05, 0) is 24.1 Å². The van der Waals surface area contributed by atoms with E-state index in [1.54, 1.807) is 12.4 Å². The molecule has 17 heavy (non-hydrogen) atoms. The number of benzene rings is 1. The fraction of sp³-hybridized carbons (Fsp3) is 0.154. The molecule has 0 unspecified atom stereocenters. The Balaban J connectivity index is 2.40. The predicted molar refractivity (Wildman–Crippen MR) is 62.8 cm³/mol. The normalized spacial score (nSPS) is 10.5. The first-order chi connectivity index (χ1) is 8.11. The lowest BCUT2D eigenvalue weighted by molar-refractivity contribution is 0.573. The van der Waals surface area contributed by atoms with Crippen LogP contribution in [0.4, 0.5) is 8.78 Å². The average molecular weight is 234 g/mol. The van der Waals surface area contributed by atoms with Crippen LogP contribution in [0, 0.1) is 11.6 Å². The fourth-order valence-corrected chi connectivity index (χ4v) is 1.51. The zero-order valence-electron chi connectivity index (χ0n) is 9.45. The maximum absolute atomic E-state index is 13.5. The van der Waals surface area contributed by atoms with E-state index in [1.807, 2.05) is 6.92 Å². The van der Waals surface area contributed by atoms with Crippen LogP contribution in [0.1, 0.15) is 18.9 Å². The van der Waals surface area contributed by atoms with Gasteiger partial charge in [-0.15, -0.1) is 0 Å². The van der Waals surface area contributed by atoms with Gasteiger partial charge in [-0.2, -0.15) is 5.10 Å². The van der Waals surface area contributed by atoms with Gasteiger partial charge in [0.2, 0.25) is 0 Å². The molecule has 0 fully saturated rings. The second-order valence-corrected chi connectivity index (χ2v) is 3.73. The molecule has 0 saturated heterocycles. The molecule has 2 aromatic rings. The SMILES string of the molecule is C=C(CC)c1cnn(-c2ccc(F)cc2F)c1. The second-order valence-electron chi connectivity index (χ2n) is 3.73. The van der Waals surface area contributed by atoms with Crippen molar-refractivity contribution < 1.29 is 8.78 Å². The Morgan fingerprint density at radius 1 is 1.41 bits per heavy atom. The molecule has 4 heteroatoms. The first kappa shape index (κ1) is 11.5. The minimum Gasteiger partial charge on any atom is -0.237 e. The number of hydrogen-bond acceptors (Lipinski definition) is 1. The maximum atomic E-state index is 13.5. The molecule has 0 N–H and O–H groups in total. The van der Waals surface area contributed by atoms with E-state index in [0.29, 0.717) is 0 Å². The van der Waals surface area contributed by atoms with Crippen LogP contribution in [0.25, 0.3) is 11.3 Å². The molecule has 0 radical (unpaired) electrons. The number of aromatic nitrogens is 2. The van der Waals surface area contributed by atoms with Crippen LogP contribution in [0.5, 0.6) is 0 Å². The van der Waals surface area contributed by atoms with E-state index in [-0.39, 0.29) is 5.69 Å². The molecule has 0 aliphatic rings. The van der Waals surface area contributed by atoms with E-state index < -0.39 is 11.6 Å². The van der Waals surface area contributed by atoms with Gasteiger partial charge >= 0.3 is 0 Å². The van der Waals surface area contributed by atoms with E-state index >= 15 is 0 Å². The largest absolute Gasteiger partial charge is 0.237 e. The Morgan fingerprint density at radius 2 is 2.18 bits per heavy atom. The zero-order chi connectivity index (χ0) is 12.4. The minimum absolute atomic E-state index is 0.224. The topological polar surface area (TPSA) is 17.8 Å². The summed E-state index contributed by atoms with van der Waals surface area (Å²) in [6.07, 6.45) is 4.11. The Kier molecular flexibility index (Phi) is 3.04. The Bertz CT molecular complexity index is 558. The Morgan fingerprint density at radius 3 is 2.82 bits per heavy atom. The smallest absolute Gasteiger partial charge is 0.151 e. The predicted octanol–water partition coefficient (Wildman–Crippen LogP) is 3.57. The summed E-state index contributed by atoms with van der Waals surface area (Å²) in [4.78, 5) is 0. The van der Waals surface area contributed by atoms with Crippen LogP contribution in [-0.2, 0) is 0 Å². The van der Waals surface area contributed by atoms with Gasteiger partial charge in [0, 0.05) is 17.8 Å². The fourth-order valence-electron chi connectivity index (χ4n) is 1.51. The summed E-state index contributed by atoms with van der Waals surface area (Å²) in [5.74, 6) is -1.24. The molecule has 0 aliphatic carbocycles. The number of hydrogen-bond donors (Lipinski definition) is 0. The van der Waals surface area contributed by atoms with Crippen molar-refractivity contribution >= 4 is 5.57 Å². The van der Waals surface area contributed by atoms with Gasteiger partial charge in [0.1, 0.15) is 11.5 Å². The Labute approximate surface area is 98.2 Å². The maximum Gasteiger partial charge on any atom is 0.151 e. The van der Waals surface area contributed by atoms with Crippen LogP contribution in [0.2, 0.25) is 0 Å². The van der Waals surface area contributed by atoms with E-state index in [0.717, 1.165) is 23.6 Å². The molecule has 0 bridgehead atoms. The molecule has 0 saturated carbocycles. The highest BCUT2D eigenvalue weighted by Crippen LogP contribution is 2.18. The Hall–Kier alpha value is -1.97. The molecule has 0 amide bonds. The highest BCUT2D eigenvalue weighted by Gasteiger charge is 2.08. The standard InChI is InChI=1S/C13H12F2N2/c1-3-9(2)10-7-16-17(8-10)13-5-4-11(14)6-12(13)15/h4-8H,2-3H2,1H3. The summed E-state index contributed by atoms with van der Waals surface area (Å²) >= 11 is 0. The summed E-state index contributed by atoms with van der Waals surface area (Å²) in [5, 5.41) is 4.04. The highest BCUT2D eigenvalue weighted by atomic mass is 19.1. The average Bonchev–Trinajstić information content (AvgIpc) is 2.77. The lowest BCUT2D eigenvalue weighted by Gasteiger charge is -2.02. The minimum atomic E-state index is -0.637. The number of nitrogens with zero attached hydrogens (tertiary/aromatic N) is 2. The number of allylic oxidation sites excluding steroid dienone is 1. The molecule has 1 aromatic carbocycles. The van der Waals surface area contributed by atoms with Crippen LogP contribution in [0.3, 0.4) is 0 Å². The molecule has 2 nitrogen and oxygen atoms in total. The summed E-state index contributed by atoms with van der Waals surface area (Å²) in [7, 11) is 0. The monoisotopic (exact) mass is 234 g/mol. The molecule has 0 aliphatic heterocycles. The first-order valence-corrected chi connectivity index (χ1v) is 5.30. The van der Waals surface area contributed by atoms with Gasteiger partial charge in [0.25, 0.3) is 0 Å². The zero-order valence-corrected chi connectivity index (χ0v) is 9.45. The van der Waals surface area contributed by atoms with E-state index in [2.05, 4.69) is 11.7 Å². The number of rotatable bonds is 3. The summed E-state index contributed by atoms with van der Waals surface area (Å²) in [5.41, 5.74) is 2.01. The lowest BCUT2D eigenvalue weighted by atomic mass is 10.1. The molecule has 1 aromatic heterocycles. The van der Waals surface area contributed by atoms with Gasteiger partial charge < -0.3 is 0 Å². The molecular weight excluding hydrogens is 222 g/mol. The van der Waals surface area contributed by atoms with Gasteiger partial charge in [-0.25, -0.2) is 13.5 Å². The van der Waals surface area contributed by atoms with Crippen molar-refractivity contribution in [2.45, 2.75) is 13.3 Å². The van der Waals surface area contributed by atoms with Crippen molar-refractivity contribution in [3.05, 3.63) is 54.4 Å². The third kappa shape index (κ3) is 2.25. The van der Waals surface area contributed by atoms with Crippen molar-refractivity contribution in [2.24, 2.45) is 0 Å². The summed E-state index contributed by atoms with van der Waals surface area (Å²) in [6.45, 7) is 5.86. The van der Waals surface area contributed by atoms with E-state index in [1.165, 1.54) is 16.8 Å². The van der Waals surface area contributed by atoms with E-state index in [9.17, 15) is 8.78 Å². The number of halogens is 2. The molecule has 0 spiro atoms. The van der Waals surface area contributed by atoms with Crippen molar-refractivity contribution in [3.8, 4) is 5.69 Å². The van der Waals surface area contributed by atoms with Gasteiger partial charge in [-0.1, -0.05) is 13.5 Å². The molecule has 1 heterocycles. The molecule has 88 valence electrons. The van der Waals surface area contributed by atoms with Crippen LogP contribution >= 0.6 is 0 Å². The van der Waals surface area contributed by atoms with Crippen LogP contribution in [0.15, 0.2) is 37.2 Å². The van der Waals surface area contributed by atoms with Crippen molar-refractivity contribution in [1.82, 2.24) is 9.78 Å². The summed E-state index contributed by atoms with van der Waals surface area (Å²) in [6, 6.07) is 3.40. The quantitative estimate of drug-likeness (QED) is 0.793. The third-order valence-electron chi connectivity index (χ3n) is 2.57. The van der Waals surface area contributed by atoms with Crippen molar-refractivity contribution in [2.75, 3.05) is 0 Å². The third-order valence-corrected chi connectivity index (χ3v) is 2.57. The summed E-state index contributed by atoms with van der Waals surface area (Å²) < 4.78 is 27.7. The van der Waals surface area contributed by atoms with Crippen molar-refractivity contribution in [1.29, 1.82) is 0 Å². The van der Waals surface area contributed by atoms with E-state index in [4.69, 9.17) is 0 Å². The molecule has 2 rings (SSSR count). The van der Waals surface area contributed by atoms with Crippen LogP contribution < -0.4 is 0 Å². The second kappa shape index (κ2) is 4.49. The molecule has 0 atom stereocenters. The first-order valence-electron chi connectivity index (χ1n) is 5.30. The highest BCUT2D eigenvalue weighted by molar-refractivity contribution is 5.62. The van der Waals surface area contributed by atoms with Crippen molar-refractivity contribution in [3.63, 3.8) is 0 Å². The lowest BCUT2D eigenvalue weighted by Crippen LogP contribution is -1.98. The van der Waals surface area contributed by atoms with Gasteiger partial charge in [0.15, 0.2) is 5.82 Å². The van der Waals surface area contributed by atoms with Gasteiger partial charge in [-0.3, -0.25) is 0 Å². The molecular formula is C13H12F2N2.